The fraction of sp³-hybridized carbons (Fsp3) is 0.414. The highest BCUT2D eigenvalue weighted by Crippen LogP contribution is 2.48. The maximum absolute atomic E-state index is 12.4. The van der Waals surface area contributed by atoms with Gasteiger partial charge in [0.15, 0.2) is 5.82 Å². The highest BCUT2D eigenvalue weighted by molar-refractivity contribution is 5.68. The molecule has 0 bridgehead atoms. The summed E-state index contributed by atoms with van der Waals surface area (Å²) in [6, 6.07) is 7.91. The summed E-state index contributed by atoms with van der Waals surface area (Å²) in [7, 11) is 0. The van der Waals surface area contributed by atoms with E-state index in [1.165, 1.54) is 0 Å². The topological polar surface area (TPSA) is 149 Å². The molecule has 41 heavy (non-hydrogen) atoms. The molecule has 1 saturated carbocycles. The highest BCUT2D eigenvalue weighted by Gasteiger charge is 2.45. The average Bonchev–Trinajstić information content (AvgIpc) is 3.43. The number of hydrogen-bond donors (Lipinski definition) is 1. The number of hydrogen-bond acceptors (Lipinski definition) is 11. The fourth-order valence-corrected chi connectivity index (χ4v) is 5.17. The van der Waals surface area contributed by atoms with Gasteiger partial charge in [0.1, 0.15) is 11.4 Å². The minimum Gasteiger partial charge on any atom is -0.444 e. The van der Waals surface area contributed by atoms with Gasteiger partial charge in [0.25, 0.3) is 5.89 Å². The van der Waals surface area contributed by atoms with Crippen molar-refractivity contribution >= 4 is 17.9 Å². The van der Waals surface area contributed by atoms with Crippen molar-refractivity contribution in [3.05, 3.63) is 60.4 Å². The maximum atomic E-state index is 12.4. The van der Waals surface area contributed by atoms with Crippen LogP contribution in [-0.4, -0.2) is 72.8 Å². The second-order valence-corrected chi connectivity index (χ2v) is 11.5. The maximum Gasteiger partial charge on any atom is 0.410 e. The molecule has 4 aromatic heterocycles. The lowest BCUT2D eigenvalue weighted by Crippen LogP contribution is -2.50. The van der Waals surface area contributed by atoms with E-state index in [0.717, 1.165) is 47.5 Å². The van der Waals surface area contributed by atoms with E-state index in [1.807, 2.05) is 45.2 Å². The molecule has 1 aliphatic heterocycles. The van der Waals surface area contributed by atoms with Crippen molar-refractivity contribution in [2.75, 3.05) is 36.8 Å². The van der Waals surface area contributed by atoms with Gasteiger partial charge in [0, 0.05) is 56.5 Å². The lowest BCUT2D eigenvalue weighted by Gasteiger charge is -2.39. The third-order valence-corrected chi connectivity index (χ3v) is 7.59. The van der Waals surface area contributed by atoms with Crippen molar-refractivity contribution in [2.24, 2.45) is 0 Å². The Morgan fingerprint density at radius 2 is 1.66 bits per heavy atom. The third-order valence-electron chi connectivity index (χ3n) is 7.59. The molecule has 212 valence electrons. The predicted octanol–water partition coefficient (Wildman–Crippen LogP) is 4.09. The van der Waals surface area contributed by atoms with Crippen LogP contribution in [0.15, 0.2) is 53.6 Å². The number of nitrogen functional groups attached to an aromatic ring is 1. The second-order valence-electron chi connectivity index (χ2n) is 11.5. The van der Waals surface area contributed by atoms with Gasteiger partial charge in [-0.1, -0.05) is 17.6 Å². The third kappa shape index (κ3) is 5.41. The number of ether oxygens (including phenoxy) is 1. The van der Waals surface area contributed by atoms with Crippen LogP contribution < -0.4 is 10.6 Å². The van der Waals surface area contributed by atoms with E-state index < -0.39 is 5.60 Å². The number of rotatable bonds is 5. The van der Waals surface area contributed by atoms with Crippen molar-refractivity contribution in [1.82, 2.24) is 35.0 Å². The van der Waals surface area contributed by atoms with E-state index in [0.29, 0.717) is 37.9 Å². The first-order valence-electron chi connectivity index (χ1n) is 13.8. The molecule has 0 unspecified atom stereocenters. The summed E-state index contributed by atoms with van der Waals surface area (Å²) < 4.78 is 11.2. The van der Waals surface area contributed by atoms with E-state index in [1.54, 1.807) is 23.5 Å². The molecule has 1 aliphatic carbocycles. The Bertz CT molecular complexity index is 1500. The highest BCUT2D eigenvalue weighted by atomic mass is 16.6. The monoisotopic (exact) mass is 555 g/mol. The number of nitrogens with two attached hydrogens (primary N) is 1. The Hall–Kier alpha value is -4.61. The minimum absolute atomic E-state index is 0.231. The SMILES string of the molecule is CC(C)(C)OC(=O)N1CCN(c2ccc(-c3nc(C4(c5ccc(-c6cnc(N)nc6)nc5)CCC4)no3)cn2)CC1. The molecule has 0 radical (unpaired) electrons. The Kier molecular flexibility index (Phi) is 6.76. The van der Waals surface area contributed by atoms with Gasteiger partial charge in [-0.2, -0.15) is 4.98 Å². The zero-order chi connectivity index (χ0) is 28.6. The summed E-state index contributed by atoms with van der Waals surface area (Å²) >= 11 is 0. The van der Waals surface area contributed by atoms with Crippen LogP contribution in [0.25, 0.3) is 22.7 Å². The largest absolute Gasteiger partial charge is 0.444 e. The van der Waals surface area contributed by atoms with Crippen LogP contribution in [0.5, 0.6) is 0 Å². The van der Waals surface area contributed by atoms with E-state index in [4.69, 9.17) is 20.0 Å². The molecule has 4 aromatic rings. The molecule has 1 amide bonds. The van der Waals surface area contributed by atoms with Crippen molar-refractivity contribution in [2.45, 2.75) is 51.0 Å². The van der Waals surface area contributed by atoms with Crippen LogP contribution in [0.2, 0.25) is 0 Å². The van der Waals surface area contributed by atoms with Gasteiger partial charge >= 0.3 is 6.09 Å². The fourth-order valence-electron chi connectivity index (χ4n) is 5.17. The zero-order valence-electron chi connectivity index (χ0n) is 23.4. The standard InChI is InChI=1S/C29H33N9O3/c1-28(2,3)40-27(39)38-13-11-37(12-14-38)23-8-5-19(15-32-23)24-35-25(36-41-24)29(9-4-10-29)21-6-7-22(31-18-21)20-16-33-26(30)34-17-20/h5-8,15-18H,4,9-14H2,1-3H3,(H2,30,33,34). The molecule has 1 saturated heterocycles. The summed E-state index contributed by atoms with van der Waals surface area (Å²) in [5.74, 6) is 2.16. The number of amides is 1. The van der Waals surface area contributed by atoms with Crippen LogP contribution in [-0.2, 0) is 10.2 Å². The molecule has 0 atom stereocenters. The molecule has 6 rings (SSSR count). The second kappa shape index (κ2) is 10.4. The van der Waals surface area contributed by atoms with Gasteiger partial charge in [0.2, 0.25) is 5.95 Å². The van der Waals surface area contributed by atoms with Crippen molar-refractivity contribution in [1.29, 1.82) is 0 Å². The number of anilines is 2. The molecule has 5 heterocycles. The minimum atomic E-state index is -0.506. The van der Waals surface area contributed by atoms with E-state index in [9.17, 15) is 4.79 Å². The first-order chi connectivity index (χ1) is 19.7. The molecule has 2 N–H and O–H groups in total. The number of aromatic nitrogens is 6. The Morgan fingerprint density at radius 1 is 0.927 bits per heavy atom. The van der Waals surface area contributed by atoms with Gasteiger partial charge in [-0.05, 0) is 57.4 Å². The van der Waals surface area contributed by atoms with Gasteiger partial charge in [-0.25, -0.2) is 19.7 Å². The molecular formula is C29H33N9O3. The van der Waals surface area contributed by atoms with E-state index in [2.05, 4.69) is 36.1 Å². The lowest BCUT2D eigenvalue weighted by atomic mass is 9.64. The summed E-state index contributed by atoms with van der Waals surface area (Å²) in [4.78, 5) is 38.5. The van der Waals surface area contributed by atoms with Crippen LogP contribution in [0.1, 0.15) is 51.4 Å². The van der Waals surface area contributed by atoms with Gasteiger partial charge in [-0.15, -0.1) is 0 Å². The Labute approximate surface area is 238 Å². The van der Waals surface area contributed by atoms with Gasteiger partial charge in [-0.3, -0.25) is 4.98 Å². The quantitative estimate of drug-likeness (QED) is 0.379. The van der Waals surface area contributed by atoms with Crippen LogP contribution >= 0.6 is 0 Å². The van der Waals surface area contributed by atoms with Crippen molar-refractivity contribution in [3.8, 4) is 22.7 Å². The number of piperazine rings is 1. The molecule has 12 heteroatoms. The van der Waals surface area contributed by atoms with Crippen molar-refractivity contribution < 1.29 is 14.1 Å². The van der Waals surface area contributed by atoms with Crippen LogP contribution in [0.4, 0.5) is 16.6 Å². The van der Waals surface area contributed by atoms with Crippen LogP contribution in [0.3, 0.4) is 0 Å². The Balaban J connectivity index is 1.13. The number of nitrogens with zero attached hydrogens (tertiary/aromatic N) is 8. The van der Waals surface area contributed by atoms with Gasteiger partial charge < -0.3 is 24.8 Å². The summed E-state index contributed by atoms with van der Waals surface area (Å²) in [6.07, 6.45) is 9.60. The van der Waals surface area contributed by atoms with E-state index >= 15 is 0 Å². The molecule has 12 nitrogen and oxygen atoms in total. The molecule has 2 fully saturated rings. The van der Waals surface area contributed by atoms with Crippen LogP contribution in [0, 0.1) is 0 Å². The van der Waals surface area contributed by atoms with E-state index in [-0.39, 0.29) is 17.5 Å². The summed E-state index contributed by atoms with van der Waals surface area (Å²) in [5, 5.41) is 4.38. The molecule has 0 aromatic carbocycles. The Morgan fingerprint density at radius 3 is 2.24 bits per heavy atom. The first-order valence-corrected chi connectivity index (χ1v) is 13.8. The number of carbonyl (C=O) groups is 1. The summed E-state index contributed by atoms with van der Waals surface area (Å²) in [6.45, 7) is 8.14. The predicted molar refractivity (Wildman–Crippen MR) is 152 cm³/mol. The normalized spacial score (nSPS) is 16.8. The molecule has 0 spiro atoms. The van der Waals surface area contributed by atoms with Crippen molar-refractivity contribution in [3.63, 3.8) is 0 Å². The summed E-state index contributed by atoms with van der Waals surface area (Å²) in [5.41, 5.74) is 8.15. The smallest absolute Gasteiger partial charge is 0.410 e. The molecule has 2 aliphatic rings. The number of carbonyl (C=O) groups excluding carboxylic acids is 1. The number of pyridine rings is 2. The van der Waals surface area contributed by atoms with Gasteiger partial charge in [0.05, 0.1) is 16.7 Å². The lowest BCUT2D eigenvalue weighted by molar-refractivity contribution is 0.0240. The molecular weight excluding hydrogens is 522 g/mol. The zero-order valence-corrected chi connectivity index (χ0v) is 23.4. The first kappa shape index (κ1) is 26.6. The average molecular weight is 556 g/mol.